The van der Waals surface area contributed by atoms with Gasteiger partial charge in [-0.05, 0) is 59.0 Å². The van der Waals surface area contributed by atoms with Crippen LogP contribution in [0.4, 0.5) is 0 Å². The van der Waals surface area contributed by atoms with Gasteiger partial charge in [-0.1, -0.05) is 6.42 Å². The average molecular weight is 340 g/mol. The first kappa shape index (κ1) is 13.7. The molecule has 0 saturated heterocycles. The molecule has 2 aliphatic rings. The smallest absolute Gasteiger partial charge is 0.286 e. The number of hydrazine groups is 1. The minimum atomic E-state index is -0.336. The van der Waals surface area contributed by atoms with Crippen LogP contribution < -0.4 is 10.9 Å². The lowest BCUT2D eigenvalue weighted by atomic mass is 9.86. The van der Waals surface area contributed by atoms with Crippen LogP contribution in [0, 0.1) is 17.8 Å². The van der Waals surface area contributed by atoms with Crippen LogP contribution in [0.25, 0.3) is 0 Å². The Hall–Kier alpha value is -1.30. The van der Waals surface area contributed by atoms with E-state index in [1.54, 1.807) is 12.3 Å². The molecule has 0 aliphatic heterocycles. The molecule has 5 nitrogen and oxygen atoms in total. The minimum Gasteiger partial charge on any atom is -0.356 e. The topological polar surface area (TPSA) is 74.0 Å². The molecule has 0 spiro atoms. The molecule has 108 valence electrons. The van der Waals surface area contributed by atoms with E-state index in [0.717, 1.165) is 16.3 Å². The standard InChI is InChI=1S/C14H18BrN3O2/c15-11-6-12(16-7-11)14(20)18-17-13(19)5-10-4-8-1-2-9(10)3-8/h6-10,16H,1-5H2,(H,17,19)(H,18,20)/t8-,9-,10-/m1/s1. The van der Waals surface area contributed by atoms with Crippen molar-refractivity contribution in [1.82, 2.24) is 15.8 Å². The Labute approximate surface area is 126 Å². The lowest BCUT2D eigenvalue weighted by Crippen LogP contribution is -2.42. The summed E-state index contributed by atoms with van der Waals surface area (Å²) in [6.45, 7) is 0. The van der Waals surface area contributed by atoms with Crippen LogP contribution >= 0.6 is 15.9 Å². The Balaban J connectivity index is 1.44. The van der Waals surface area contributed by atoms with Gasteiger partial charge in [-0.15, -0.1) is 0 Å². The highest BCUT2D eigenvalue weighted by atomic mass is 79.9. The van der Waals surface area contributed by atoms with Crippen molar-refractivity contribution in [2.24, 2.45) is 17.8 Å². The molecule has 0 unspecified atom stereocenters. The number of halogens is 1. The third-order valence-corrected chi connectivity index (χ3v) is 5.00. The maximum atomic E-state index is 11.9. The minimum absolute atomic E-state index is 0.0958. The van der Waals surface area contributed by atoms with E-state index in [1.807, 2.05) is 0 Å². The molecule has 2 fully saturated rings. The summed E-state index contributed by atoms with van der Waals surface area (Å²) in [6, 6.07) is 1.66. The van der Waals surface area contributed by atoms with Crippen LogP contribution in [0.1, 0.15) is 42.6 Å². The molecule has 3 rings (SSSR count). The molecule has 3 N–H and O–H groups in total. The number of fused-ring (bicyclic) bond motifs is 2. The second-order valence-electron chi connectivity index (χ2n) is 5.87. The number of carbonyl (C=O) groups excluding carboxylic acids is 2. The molecule has 2 amide bonds. The van der Waals surface area contributed by atoms with Crippen molar-refractivity contribution >= 4 is 27.7 Å². The Morgan fingerprint density at radius 3 is 2.75 bits per heavy atom. The highest BCUT2D eigenvalue weighted by Gasteiger charge is 2.40. The number of rotatable bonds is 3. The van der Waals surface area contributed by atoms with E-state index in [4.69, 9.17) is 0 Å². The van der Waals surface area contributed by atoms with Gasteiger partial charge in [-0.2, -0.15) is 0 Å². The van der Waals surface area contributed by atoms with Gasteiger partial charge in [0.1, 0.15) is 5.69 Å². The van der Waals surface area contributed by atoms with E-state index in [-0.39, 0.29) is 11.8 Å². The highest BCUT2D eigenvalue weighted by Crippen LogP contribution is 2.49. The first-order chi connectivity index (χ1) is 9.61. The first-order valence-corrected chi connectivity index (χ1v) is 7.84. The quantitative estimate of drug-likeness (QED) is 0.739. The van der Waals surface area contributed by atoms with E-state index in [9.17, 15) is 9.59 Å². The molecule has 3 atom stereocenters. The van der Waals surface area contributed by atoms with Crippen LogP contribution in [0.15, 0.2) is 16.7 Å². The Morgan fingerprint density at radius 2 is 2.15 bits per heavy atom. The lowest BCUT2D eigenvalue weighted by molar-refractivity contribution is -0.123. The molecule has 2 bridgehead atoms. The number of hydrogen-bond donors (Lipinski definition) is 3. The Morgan fingerprint density at radius 1 is 1.30 bits per heavy atom. The van der Waals surface area contributed by atoms with E-state index in [0.29, 0.717) is 18.0 Å². The van der Waals surface area contributed by atoms with Crippen molar-refractivity contribution in [3.63, 3.8) is 0 Å². The summed E-state index contributed by atoms with van der Waals surface area (Å²) < 4.78 is 0.802. The number of amides is 2. The van der Waals surface area contributed by atoms with Crippen LogP contribution in [-0.4, -0.2) is 16.8 Å². The van der Waals surface area contributed by atoms with Gasteiger partial charge in [-0.3, -0.25) is 20.4 Å². The van der Waals surface area contributed by atoms with Crippen molar-refractivity contribution in [2.75, 3.05) is 0 Å². The van der Waals surface area contributed by atoms with Gasteiger partial charge in [-0.25, -0.2) is 0 Å². The molecule has 0 radical (unpaired) electrons. The fraction of sp³-hybridized carbons (Fsp3) is 0.571. The Kier molecular flexibility index (Phi) is 3.83. The summed E-state index contributed by atoms with van der Waals surface area (Å²) in [5.41, 5.74) is 5.36. The number of aromatic nitrogens is 1. The second-order valence-corrected chi connectivity index (χ2v) is 6.79. The van der Waals surface area contributed by atoms with Crippen molar-refractivity contribution in [2.45, 2.75) is 32.1 Å². The van der Waals surface area contributed by atoms with Gasteiger partial charge in [0.15, 0.2) is 0 Å². The molecular weight excluding hydrogens is 322 g/mol. The maximum absolute atomic E-state index is 11.9. The van der Waals surface area contributed by atoms with Crippen LogP contribution in [0.3, 0.4) is 0 Å². The Bertz CT molecular complexity index is 528. The van der Waals surface area contributed by atoms with Crippen molar-refractivity contribution in [1.29, 1.82) is 0 Å². The van der Waals surface area contributed by atoms with Crippen molar-refractivity contribution in [3.05, 3.63) is 22.4 Å². The van der Waals surface area contributed by atoms with E-state index < -0.39 is 0 Å². The zero-order valence-electron chi connectivity index (χ0n) is 11.1. The fourth-order valence-corrected chi connectivity index (χ4v) is 3.95. The molecule has 20 heavy (non-hydrogen) atoms. The SMILES string of the molecule is O=C(C[C@H]1C[C@@H]2CC[C@@H]1C2)NNC(=O)c1cc(Br)c[nH]1. The summed E-state index contributed by atoms with van der Waals surface area (Å²) in [6.07, 6.45) is 7.27. The zero-order valence-corrected chi connectivity index (χ0v) is 12.7. The third-order valence-electron chi connectivity index (χ3n) is 4.54. The molecule has 2 saturated carbocycles. The molecular formula is C14H18BrN3O2. The van der Waals surface area contributed by atoms with Gasteiger partial charge in [0.25, 0.3) is 5.91 Å². The fourth-order valence-electron chi connectivity index (χ4n) is 3.61. The summed E-state index contributed by atoms with van der Waals surface area (Å²) in [7, 11) is 0. The second kappa shape index (κ2) is 5.60. The molecule has 6 heteroatoms. The van der Waals surface area contributed by atoms with Gasteiger partial charge in [0.2, 0.25) is 5.91 Å². The maximum Gasteiger partial charge on any atom is 0.286 e. The first-order valence-electron chi connectivity index (χ1n) is 7.05. The summed E-state index contributed by atoms with van der Waals surface area (Å²) in [4.78, 5) is 26.4. The molecule has 0 aromatic carbocycles. The number of aromatic amines is 1. The zero-order chi connectivity index (χ0) is 14.1. The van der Waals surface area contributed by atoms with Gasteiger partial charge in [0.05, 0.1) is 0 Å². The predicted octanol–water partition coefficient (Wildman–Crippen LogP) is 2.36. The number of carbonyl (C=O) groups is 2. The van der Waals surface area contributed by atoms with Gasteiger partial charge < -0.3 is 4.98 Å². The van der Waals surface area contributed by atoms with Gasteiger partial charge >= 0.3 is 0 Å². The summed E-state index contributed by atoms with van der Waals surface area (Å²) in [5, 5.41) is 0. The van der Waals surface area contributed by atoms with Gasteiger partial charge in [0, 0.05) is 17.1 Å². The van der Waals surface area contributed by atoms with Crippen LogP contribution in [-0.2, 0) is 4.79 Å². The van der Waals surface area contributed by atoms with Crippen molar-refractivity contribution < 1.29 is 9.59 Å². The summed E-state index contributed by atoms with van der Waals surface area (Å²) in [5.74, 6) is 1.63. The van der Waals surface area contributed by atoms with E-state index in [2.05, 4.69) is 31.8 Å². The predicted molar refractivity (Wildman–Crippen MR) is 77.7 cm³/mol. The average Bonchev–Trinajstić information content (AvgIpc) is 3.12. The molecule has 1 heterocycles. The van der Waals surface area contributed by atoms with Crippen LogP contribution in [0.2, 0.25) is 0 Å². The third kappa shape index (κ3) is 2.90. The molecule has 2 aliphatic carbocycles. The van der Waals surface area contributed by atoms with Crippen LogP contribution in [0.5, 0.6) is 0 Å². The summed E-state index contributed by atoms with van der Waals surface area (Å²) >= 11 is 3.26. The van der Waals surface area contributed by atoms with Crippen molar-refractivity contribution in [3.8, 4) is 0 Å². The van der Waals surface area contributed by atoms with E-state index >= 15 is 0 Å². The van der Waals surface area contributed by atoms with E-state index in [1.165, 1.54) is 25.7 Å². The number of H-pyrrole nitrogens is 1. The number of hydrogen-bond acceptors (Lipinski definition) is 2. The highest BCUT2D eigenvalue weighted by molar-refractivity contribution is 9.10. The lowest BCUT2D eigenvalue weighted by Gasteiger charge is -2.20. The number of nitrogens with one attached hydrogen (secondary N) is 3. The largest absolute Gasteiger partial charge is 0.356 e. The molecule has 1 aromatic rings. The molecule has 1 aromatic heterocycles. The normalized spacial score (nSPS) is 27.6. The monoisotopic (exact) mass is 339 g/mol.